The molecule has 0 aliphatic heterocycles. The van der Waals surface area contributed by atoms with Gasteiger partial charge in [-0.25, -0.2) is 0 Å². The van der Waals surface area contributed by atoms with Crippen LogP contribution in [0.3, 0.4) is 0 Å². The SMILES string of the molecule is Cc1ccccc1-n1c(N(C)c2ccccc2)c(-c2ccccc2)c2cc(-c3ccc4[nH]c5ccccc5c4c3)ccc21. The predicted molar refractivity (Wildman–Crippen MR) is 183 cm³/mol. The van der Waals surface area contributed by atoms with Crippen molar-refractivity contribution >= 4 is 44.2 Å². The van der Waals surface area contributed by atoms with Crippen LogP contribution >= 0.6 is 0 Å². The van der Waals surface area contributed by atoms with Crippen LogP contribution in [0.15, 0.2) is 146 Å². The first kappa shape index (κ1) is 25.2. The Hall–Kier alpha value is -5.54. The minimum Gasteiger partial charge on any atom is -0.355 e. The Labute approximate surface area is 251 Å². The maximum atomic E-state index is 3.57. The van der Waals surface area contributed by atoms with E-state index in [-0.39, 0.29) is 0 Å². The van der Waals surface area contributed by atoms with E-state index >= 15 is 0 Å². The lowest BCUT2D eigenvalue weighted by atomic mass is 9.98. The van der Waals surface area contributed by atoms with E-state index in [4.69, 9.17) is 0 Å². The molecule has 0 aliphatic carbocycles. The number of hydrogen-bond acceptors (Lipinski definition) is 1. The molecule has 6 aromatic carbocycles. The summed E-state index contributed by atoms with van der Waals surface area (Å²) >= 11 is 0. The maximum absolute atomic E-state index is 3.57. The number of para-hydroxylation sites is 3. The van der Waals surface area contributed by atoms with E-state index < -0.39 is 0 Å². The fourth-order valence-corrected chi connectivity index (χ4v) is 6.52. The van der Waals surface area contributed by atoms with Gasteiger partial charge in [0, 0.05) is 45.5 Å². The smallest absolute Gasteiger partial charge is 0.126 e. The highest BCUT2D eigenvalue weighted by atomic mass is 15.2. The van der Waals surface area contributed by atoms with Gasteiger partial charge in [0.2, 0.25) is 0 Å². The fraction of sp³-hybridized carbons (Fsp3) is 0.0500. The second-order valence-corrected chi connectivity index (χ2v) is 11.2. The number of hydrogen-bond donors (Lipinski definition) is 1. The van der Waals surface area contributed by atoms with E-state index in [1.165, 1.54) is 60.7 Å². The molecule has 3 heteroatoms. The Kier molecular flexibility index (Phi) is 5.90. The van der Waals surface area contributed by atoms with Gasteiger partial charge in [-0.05, 0) is 77.7 Å². The van der Waals surface area contributed by atoms with Crippen LogP contribution in [0.5, 0.6) is 0 Å². The molecular formula is C40H31N3. The first-order chi connectivity index (χ1) is 21.2. The molecule has 0 amide bonds. The van der Waals surface area contributed by atoms with Crippen molar-refractivity contribution in [3.8, 4) is 27.9 Å². The summed E-state index contributed by atoms with van der Waals surface area (Å²) < 4.78 is 2.44. The van der Waals surface area contributed by atoms with Gasteiger partial charge in [-0.15, -0.1) is 0 Å². The number of aromatic amines is 1. The van der Waals surface area contributed by atoms with Crippen LogP contribution < -0.4 is 4.90 Å². The zero-order chi connectivity index (χ0) is 28.9. The van der Waals surface area contributed by atoms with Gasteiger partial charge in [0.15, 0.2) is 0 Å². The number of aromatic nitrogens is 2. The lowest BCUT2D eigenvalue weighted by molar-refractivity contribution is 1.03. The van der Waals surface area contributed by atoms with Gasteiger partial charge < -0.3 is 9.88 Å². The highest BCUT2D eigenvalue weighted by molar-refractivity contribution is 6.10. The Morgan fingerprint density at radius 3 is 1.95 bits per heavy atom. The molecule has 0 saturated heterocycles. The maximum Gasteiger partial charge on any atom is 0.126 e. The molecule has 0 aliphatic rings. The van der Waals surface area contributed by atoms with Gasteiger partial charge >= 0.3 is 0 Å². The van der Waals surface area contributed by atoms with Crippen molar-refractivity contribution < 1.29 is 0 Å². The Morgan fingerprint density at radius 2 is 1.16 bits per heavy atom. The third-order valence-electron chi connectivity index (χ3n) is 8.66. The highest BCUT2D eigenvalue weighted by Gasteiger charge is 2.24. The molecule has 0 fully saturated rings. The van der Waals surface area contributed by atoms with Crippen molar-refractivity contribution in [1.82, 2.24) is 9.55 Å². The van der Waals surface area contributed by atoms with Crippen LogP contribution in [0.25, 0.3) is 60.6 Å². The van der Waals surface area contributed by atoms with E-state index in [2.05, 4.69) is 174 Å². The van der Waals surface area contributed by atoms with Crippen LogP contribution in [0, 0.1) is 6.92 Å². The number of aryl methyl sites for hydroxylation is 1. The van der Waals surface area contributed by atoms with Gasteiger partial charge in [-0.3, -0.25) is 4.57 Å². The van der Waals surface area contributed by atoms with Gasteiger partial charge in [0.05, 0.1) is 11.2 Å². The number of H-pyrrole nitrogens is 1. The van der Waals surface area contributed by atoms with E-state index in [0.717, 1.165) is 17.0 Å². The minimum absolute atomic E-state index is 1.14. The standard InChI is InChI=1S/C40H31N3/c1-27-13-9-12-20-37(27)43-38-24-22-30(29-21-23-36-33(25-29)32-18-10-11-19-35(32)41-36)26-34(38)39(28-14-5-3-6-15-28)40(43)42(2)31-16-7-4-8-17-31/h3-26,41H,1-2H3. The molecule has 8 rings (SSSR count). The molecule has 206 valence electrons. The molecule has 2 aromatic heterocycles. The molecule has 0 spiro atoms. The van der Waals surface area contributed by atoms with Gasteiger partial charge in [0.1, 0.15) is 5.82 Å². The molecule has 0 unspecified atom stereocenters. The summed E-state index contributed by atoms with van der Waals surface area (Å²) in [5.41, 5.74) is 11.9. The van der Waals surface area contributed by atoms with Crippen molar-refractivity contribution in [2.75, 3.05) is 11.9 Å². The topological polar surface area (TPSA) is 24.0 Å². The van der Waals surface area contributed by atoms with Crippen molar-refractivity contribution in [3.63, 3.8) is 0 Å². The zero-order valence-corrected chi connectivity index (χ0v) is 24.3. The predicted octanol–water partition coefficient (Wildman–Crippen LogP) is 10.7. The molecule has 0 saturated carbocycles. The Balaban J connectivity index is 1.44. The Morgan fingerprint density at radius 1 is 0.535 bits per heavy atom. The molecule has 2 heterocycles. The molecule has 43 heavy (non-hydrogen) atoms. The molecule has 1 N–H and O–H groups in total. The number of fused-ring (bicyclic) bond motifs is 4. The highest BCUT2D eigenvalue weighted by Crippen LogP contribution is 2.46. The van der Waals surface area contributed by atoms with Crippen LogP contribution in [-0.4, -0.2) is 16.6 Å². The monoisotopic (exact) mass is 553 g/mol. The normalized spacial score (nSPS) is 11.5. The summed E-state index contributed by atoms with van der Waals surface area (Å²) in [6.07, 6.45) is 0. The van der Waals surface area contributed by atoms with Crippen LogP contribution in [0.2, 0.25) is 0 Å². The number of nitrogens with zero attached hydrogens (tertiary/aromatic N) is 2. The van der Waals surface area contributed by atoms with Gasteiger partial charge in [-0.1, -0.05) is 97.1 Å². The first-order valence-electron chi connectivity index (χ1n) is 14.8. The van der Waals surface area contributed by atoms with Gasteiger partial charge in [-0.2, -0.15) is 0 Å². The average molecular weight is 554 g/mol. The second kappa shape index (κ2) is 10.1. The summed E-state index contributed by atoms with van der Waals surface area (Å²) in [6.45, 7) is 2.19. The van der Waals surface area contributed by atoms with E-state index in [1.807, 2.05) is 0 Å². The van der Waals surface area contributed by atoms with Crippen LogP contribution in [0.1, 0.15) is 5.56 Å². The van der Waals surface area contributed by atoms with Crippen molar-refractivity contribution in [2.45, 2.75) is 6.92 Å². The molecule has 8 aromatic rings. The van der Waals surface area contributed by atoms with E-state index in [9.17, 15) is 0 Å². The van der Waals surface area contributed by atoms with Crippen molar-refractivity contribution in [3.05, 3.63) is 151 Å². The average Bonchev–Trinajstić information content (AvgIpc) is 3.60. The summed E-state index contributed by atoms with van der Waals surface area (Å²) in [5, 5.41) is 3.73. The largest absolute Gasteiger partial charge is 0.355 e. The molecule has 0 bridgehead atoms. The second-order valence-electron chi connectivity index (χ2n) is 11.2. The molecule has 0 radical (unpaired) electrons. The van der Waals surface area contributed by atoms with Crippen molar-refractivity contribution in [2.24, 2.45) is 0 Å². The summed E-state index contributed by atoms with van der Waals surface area (Å²) in [6, 6.07) is 52.4. The van der Waals surface area contributed by atoms with Crippen LogP contribution in [-0.2, 0) is 0 Å². The third kappa shape index (κ3) is 4.12. The molecular weight excluding hydrogens is 522 g/mol. The number of benzene rings is 6. The fourth-order valence-electron chi connectivity index (χ4n) is 6.52. The summed E-state index contributed by atoms with van der Waals surface area (Å²) in [5.74, 6) is 1.14. The molecule has 3 nitrogen and oxygen atoms in total. The quantitative estimate of drug-likeness (QED) is 0.225. The first-order valence-corrected chi connectivity index (χ1v) is 14.8. The minimum atomic E-state index is 1.14. The van der Waals surface area contributed by atoms with E-state index in [0.29, 0.717) is 0 Å². The number of anilines is 2. The van der Waals surface area contributed by atoms with Crippen molar-refractivity contribution in [1.29, 1.82) is 0 Å². The summed E-state index contributed by atoms with van der Waals surface area (Å²) in [7, 11) is 2.18. The number of rotatable bonds is 5. The van der Waals surface area contributed by atoms with Crippen LogP contribution in [0.4, 0.5) is 11.5 Å². The Bertz CT molecular complexity index is 2260. The third-order valence-corrected chi connectivity index (χ3v) is 8.66. The number of nitrogens with one attached hydrogen (secondary N) is 1. The lowest BCUT2D eigenvalue weighted by Gasteiger charge is -2.24. The van der Waals surface area contributed by atoms with E-state index in [1.54, 1.807) is 0 Å². The summed E-state index contributed by atoms with van der Waals surface area (Å²) in [4.78, 5) is 5.90. The zero-order valence-electron chi connectivity index (χ0n) is 24.3. The van der Waals surface area contributed by atoms with Gasteiger partial charge in [0.25, 0.3) is 0 Å². The lowest BCUT2D eigenvalue weighted by Crippen LogP contribution is -2.15. The molecule has 0 atom stereocenters.